The highest BCUT2D eigenvalue weighted by Gasteiger charge is 2.27. The Bertz CT molecular complexity index is 872. The molecular formula is C17H14Br2N2O5. The predicted octanol–water partition coefficient (Wildman–Crippen LogP) is 3.22. The second kappa shape index (κ2) is 7.96. The summed E-state index contributed by atoms with van der Waals surface area (Å²) in [5, 5.41) is 13.9. The van der Waals surface area contributed by atoms with Gasteiger partial charge in [-0.1, -0.05) is 12.1 Å². The van der Waals surface area contributed by atoms with Crippen molar-refractivity contribution in [2.75, 3.05) is 13.7 Å². The first-order chi connectivity index (χ1) is 12.5. The van der Waals surface area contributed by atoms with Crippen molar-refractivity contribution in [3.63, 3.8) is 0 Å². The molecule has 0 radical (unpaired) electrons. The smallest absolute Gasteiger partial charge is 0.284 e. The molecule has 0 saturated carbocycles. The highest BCUT2D eigenvalue weighted by atomic mass is 79.9. The number of methoxy groups -OCH3 is 1. The van der Waals surface area contributed by atoms with Gasteiger partial charge in [-0.25, -0.2) is 5.43 Å². The molecule has 1 unspecified atom stereocenters. The van der Waals surface area contributed by atoms with Crippen LogP contribution in [-0.4, -0.2) is 37.0 Å². The molecule has 1 heterocycles. The molecule has 3 rings (SSSR count). The number of ether oxygens (including phenoxy) is 3. The number of phenols is 1. The summed E-state index contributed by atoms with van der Waals surface area (Å²) in [6.07, 6.45) is 0.623. The number of hydrazone groups is 1. The average molecular weight is 486 g/mol. The largest absolute Gasteiger partial charge is 0.503 e. The van der Waals surface area contributed by atoms with Crippen molar-refractivity contribution < 1.29 is 24.1 Å². The first kappa shape index (κ1) is 18.5. The summed E-state index contributed by atoms with van der Waals surface area (Å²) in [5.74, 6) is 0.917. The molecule has 0 aromatic heterocycles. The van der Waals surface area contributed by atoms with E-state index in [1.807, 2.05) is 6.07 Å². The summed E-state index contributed by atoms with van der Waals surface area (Å²) in [4.78, 5) is 12.2. The van der Waals surface area contributed by atoms with Gasteiger partial charge in [-0.05, 0) is 50.1 Å². The van der Waals surface area contributed by atoms with Gasteiger partial charge < -0.3 is 19.3 Å². The second-order valence-electron chi connectivity index (χ2n) is 5.24. The van der Waals surface area contributed by atoms with E-state index in [-0.39, 0.29) is 18.1 Å². The number of carbonyl (C=O) groups excluding carboxylic acids is 1. The maximum absolute atomic E-state index is 12.2. The van der Waals surface area contributed by atoms with Gasteiger partial charge in [-0.3, -0.25) is 4.79 Å². The van der Waals surface area contributed by atoms with Crippen LogP contribution in [0.3, 0.4) is 0 Å². The van der Waals surface area contributed by atoms with E-state index in [1.165, 1.54) is 13.3 Å². The van der Waals surface area contributed by atoms with Crippen molar-refractivity contribution in [3.8, 4) is 23.0 Å². The van der Waals surface area contributed by atoms with Crippen molar-refractivity contribution in [1.29, 1.82) is 0 Å². The number of halogens is 2. The van der Waals surface area contributed by atoms with Crippen LogP contribution in [0.1, 0.15) is 5.56 Å². The number of hydrogen-bond acceptors (Lipinski definition) is 6. The van der Waals surface area contributed by atoms with Gasteiger partial charge in [0.2, 0.25) is 6.10 Å². The molecule has 7 nitrogen and oxygen atoms in total. The topological polar surface area (TPSA) is 89.4 Å². The molecule has 9 heteroatoms. The molecule has 1 atom stereocenters. The Balaban J connectivity index is 1.68. The maximum atomic E-state index is 12.2. The molecule has 2 N–H and O–H groups in total. The molecule has 1 aliphatic rings. The van der Waals surface area contributed by atoms with Crippen LogP contribution in [-0.2, 0) is 4.79 Å². The summed E-state index contributed by atoms with van der Waals surface area (Å²) < 4.78 is 17.2. The van der Waals surface area contributed by atoms with E-state index in [0.29, 0.717) is 26.0 Å². The van der Waals surface area contributed by atoms with Gasteiger partial charge >= 0.3 is 0 Å². The van der Waals surface area contributed by atoms with E-state index < -0.39 is 12.0 Å². The third kappa shape index (κ3) is 3.78. The van der Waals surface area contributed by atoms with Crippen molar-refractivity contribution in [2.24, 2.45) is 5.10 Å². The highest BCUT2D eigenvalue weighted by molar-refractivity contribution is 9.13. The molecule has 136 valence electrons. The van der Waals surface area contributed by atoms with E-state index >= 15 is 0 Å². The lowest BCUT2D eigenvalue weighted by Gasteiger charge is -2.24. The van der Waals surface area contributed by atoms with E-state index in [4.69, 9.17) is 14.2 Å². The van der Waals surface area contributed by atoms with Crippen LogP contribution >= 0.6 is 31.9 Å². The Morgan fingerprint density at radius 2 is 2.08 bits per heavy atom. The number of aromatic hydroxyl groups is 1. The van der Waals surface area contributed by atoms with E-state index in [9.17, 15) is 9.90 Å². The summed E-state index contributed by atoms with van der Waals surface area (Å²) >= 11 is 6.60. The molecule has 1 amide bonds. The standard InChI is InChI=1S/C17H14Br2N2O5/c1-24-12-6-9(14(18)15(19)16(12)22)7-20-21-17(23)13-8-25-10-4-2-3-5-11(10)26-13/h2-7,13,22H,8H2,1H3,(H,21,23)/b20-7-. The van der Waals surface area contributed by atoms with Gasteiger partial charge in [0.25, 0.3) is 5.91 Å². The number of rotatable bonds is 4. The van der Waals surface area contributed by atoms with Gasteiger partial charge in [-0.15, -0.1) is 0 Å². The van der Waals surface area contributed by atoms with Crippen LogP contribution in [0, 0.1) is 0 Å². The zero-order valence-corrected chi connectivity index (χ0v) is 16.7. The van der Waals surface area contributed by atoms with Gasteiger partial charge in [0, 0.05) is 10.0 Å². The molecule has 0 bridgehead atoms. The minimum Gasteiger partial charge on any atom is -0.503 e. The Kier molecular flexibility index (Phi) is 5.67. The van der Waals surface area contributed by atoms with Crippen molar-refractivity contribution >= 4 is 44.0 Å². The molecule has 2 aromatic carbocycles. The number of carbonyl (C=O) groups is 1. The number of hydrogen-bond donors (Lipinski definition) is 2. The highest BCUT2D eigenvalue weighted by Crippen LogP contribution is 2.41. The molecule has 2 aromatic rings. The van der Waals surface area contributed by atoms with Gasteiger partial charge in [0.05, 0.1) is 17.8 Å². The summed E-state index contributed by atoms with van der Waals surface area (Å²) in [5.41, 5.74) is 3.01. The quantitative estimate of drug-likeness (QED) is 0.512. The van der Waals surface area contributed by atoms with Crippen molar-refractivity contribution in [1.82, 2.24) is 5.43 Å². The number of nitrogens with one attached hydrogen (secondary N) is 1. The Labute approximate surface area is 166 Å². The number of nitrogens with zero attached hydrogens (tertiary/aromatic N) is 1. The van der Waals surface area contributed by atoms with Crippen LogP contribution in [0.2, 0.25) is 0 Å². The lowest BCUT2D eigenvalue weighted by molar-refractivity contribution is -0.130. The lowest BCUT2D eigenvalue weighted by atomic mass is 10.2. The fourth-order valence-electron chi connectivity index (χ4n) is 2.25. The average Bonchev–Trinajstić information content (AvgIpc) is 2.67. The first-order valence-electron chi connectivity index (χ1n) is 7.47. The predicted molar refractivity (Wildman–Crippen MR) is 102 cm³/mol. The summed E-state index contributed by atoms with van der Waals surface area (Å²) in [7, 11) is 1.44. The number of benzene rings is 2. The number of phenolic OH excluding ortho intramolecular Hbond substituents is 1. The molecule has 0 spiro atoms. The Morgan fingerprint density at radius 1 is 1.35 bits per heavy atom. The number of amides is 1. The van der Waals surface area contributed by atoms with Crippen LogP contribution in [0.25, 0.3) is 0 Å². The molecule has 0 fully saturated rings. The maximum Gasteiger partial charge on any atom is 0.284 e. The molecular weight excluding hydrogens is 472 g/mol. The van der Waals surface area contributed by atoms with Crippen LogP contribution in [0.5, 0.6) is 23.0 Å². The summed E-state index contributed by atoms with van der Waals surface area (Å²) in [6.45, 7) is 0.0979. The fraction of sp³-hybridized carbons (Fsp3) is 0.176. The summed E-state index contributed by atoms with van der Waals surface area (Å²) in [6, 6.07) is 8.71. The van der Waals surface area contributed by atoms with Crippen LogP contribution in [0.15, 0.2) is 44.4 Å². The van der Waals surface area contributed by atoms with E-state index in [2.05, 4.69) is 42.4 Å². The van der Waals surface area contributed by atoms with Crippen molar-refractivity contribution in [3.05, 3.63) is 44.8 Å². The zero-order valence-electron chi connectivity index (χ0n) is 13.5. The Hall–Kier alpha value is -2.26. The Morgan fingerprint density at radius 3 is 2.81 bits per heavy atom. The third-order valence-corrected chi connectivity index (χ3v) is 5.73. The van der Waals surface area contributed by atoms with E-state index in [1.54, 1.807) is 24.3 Å². The number of fused-ring (bicyclic) bond motifs is 1. The lowest BCUT2D eigenvalue weighted by Crippen LogP contribution is -2.42. The van der Waals surface area contributed by atoms with Crippen molar-refractivity contribution in [2.45, 2.75) is 6.10 Å². The normalized spacial score (nSPS) is 15.7. The molecule has 0 saturated heterocycles. The van der Waals surface area contributed by atoms with Crippen LogP contribution < -0.4 is 19.6 Å². The van der Waals surface area contributed by atoms with E-state index in [0.717, 1.165) is 0 Å². The van der Waals surface area contributed by atoms with Gasteiger partial charge in [0.15, 0.2) is 23.0 Å². The fourth-order valence-corrected chi connectivity index (χ4v) is 3.08. The minimum absolute atomic E-state index is 0.0352. The first-order valence-corrected chi connectivity index (χ1v) is 9.06. The second-order valence-corrected chi connectivity index (χ2v) is 6.83. The molecule has 0 aliphatic carbocycles. The van der Waals surface area contributed by atoms with Gasteiger partial charge in [0.1, 0.15) is 6.61 Å². The van der Waals surface area contributed by atoms with Gasteiger partial charge in [-0.2, -0.15) is 5.10 Å². The van der Waals surface area contributed by atoms with Crippen LogP contribution in [0.4, 0.5) is 0 Å². The number of para-hydroxylation sites is 2. The molecule has 26 heavy (non-hydrogen) atoms. The minimum atomic E-state index is -0.799. The molecule has 1 aliphatic heterocycles. The zero-order chi connectivity index (χ0) is 18.7. The SMILES string of the molecule is COc1cc(/C=N\NC(=O)C2COc3ccccc3O2)c(Br)c(Br)c1O. The third-order valence-electron chi connectivity index (χ3n) is 3.57. The monoisotopic (exact) mass is 484 g/mol.